The van der Waals surface area contributed by atoms with Crippen LogP contribution >= 0.6 is 0 Å². The third-order valence-electron chi connectivity index (χ3n) is 7.88. The van der Waals surface area contributed by atoms with E-state index in [2.05, 4.69) is 77.9 Å². The summed E-state index contributed by atoms with van der Waals surface area (Å²) in [6.45, 7) is 13.5. The van der Waals surface area contributed by atoms with Gasteiger partial charge in [0.2, 0.25) is 11.4 Å². The van der Waals surface area contributed by atoms with Crippen LogP contribution in [-0.4, -0.2) is 4.70 Å². The van der Waals surface area contributed by atoms with Crippen LogP contribution in [0, 0.1) is 13.8 Å². The minimum atomic E-state index is 1.02. The van der Waals surface area contributed by atoms with Gasteiger partial charge in [0.25, 0.3) is 0 Å². The van der Waals surface area contributed by atoms with E-state index >= 15 is 0 Å². The van der Waals surface area contributed by atoms with Crippen LogP contribution in [0.25, 0.3) is 16.9 Å². The first-order valence-corrected chi connectivity index (χ1v) is 15.6. The van der Waals surface area contributed by atoms with Crippen molar-refractivity contribution in [1.29, 1.82) is 0 Å². The predicted molar refractivity (Wildman–Crippen MR) is 165 cm³/mol. The largest absolute Gasteiger partial charge is 0.493 e. The number of allylic oxidation sites excluding steroid dienone is 2. The van der Waals surface area contributed by atoms with Gasteiger partial charge in [-0.25, -0.2) is 4.70 Å². The lowest BCUT2D eigenvalue weighted by atomic mass is 9.90. The number of aryl methyl sites for hydroxylation is 4. The van der Waals surface area contributed by atoms with Crippen molar-refractivity contribution in [2.75, 3.05) is 0 Å². The molecule has 2 heteroatoms. The minimum Gasteiger partial charge on any atom is -0.493 e. The number of unbranched alkanes of at least 4 members (excludes halogenated alkanes) is 6. The van der Waals surface area contributed by atoms with E-state index in [4.69, 9.17) is 0 Å². The Balaban J connectivity index is 2.16. The summed E-state index contributed by atoms with van der Waals surface area (Å²) in [5.41, 5.74) is 24.5. The molecule has 206 valence electrons. The fourth-order valence-corrected chi connectivity index (χ4v) is 5.92. The van der Waals surface area contributed by atoms with Gasteiger partial charge in [-0.3, -0.25) is 0 Å². The lowest BCUT2D eigenvalue weighted by molar-refractivity contribution is -0.345. The first-order valence-electron chi connectivity index (χ1n) is 15.6. The summed E-state index contributed by atoms with van der Waals surface area (Å²) in [6, 6.07) is 13.9. The SMILES string of the molecule is CCCCCCC1=C(c2cc(C)cc(CCCC)c2)[N+](=[N-])C(c2cc(C)cc(CCCC)c2)=C1CCCC. The van der Waals surface area contributed by atoms with E-state index in [9.17, 15) is 5.53 Å². The lowest BCUT2D eigenvalue weighted by Gasteiger charge is -2.13. The van der Waals surface area contributed by atoms with Gasteiger partial charge >= 0.3 is 0 Å². The molecular weight excluding hydrogens is 460 g/mol. The molecule has 0 atom stereocenters. The maximum atomic E-state index is 12.0. The van der Waals surface area contributed by atoms with Crippen LogP contribution in [0.1, 0.15) is 138 Å². The highest BCUT2D eigenvalue weighted by atomic mass is 15.2. The maximum Gasteiger partial charge on any atom is 0.211 e. The molecule has 0 aliphatic carbocycles. The van der Waals surface area contributed by atoms with Crippen molar-refractivity contribution >= 4 is 11.4 Å². The summed E-state index contributed by atoms with van der Waals surface area (Å²) in [6.07, 6.45) is 16.3. The second-order valence-electron chi connectivity index (χ2n) is 11.5. The molecule has 3 rings (SSSR count). The fourth-order valence-electron chi connectivity index (χ4n) is 5.92. The minimum absolute atomic E-state index is 1.02. The monoisotopic (exact) mass is 512 g/mol. The van der Waals surface area contributed by atoms with E-state index in [0.29, 0.717) is 0 Å². The molecule has 0 radical (unpaired) electrons. The Morgan fingerprint density at radius 3 is 1.37 bits per heavy atom. The Hall–Kier alpha value is -2.48. The Morgan fingerprint density at radius 1 is 0.500 bits per heavy atom. The molecule has 0 bridgehead atoms. The zero-order chi connectivity index (χ0) is 27.5. The molecular formula is C36H52N2. The summed E-state index contributed by atoms with van der Waals surface area (Å²) < 4.78 is 1.58. The van der Waals surface area contributed by atoms with Crippen molar-refractivity contribution in [3.8, 4) is 0 Å². The van der Waals surface area contributed by atoms with Gasteiger partial charge in [0, 0.05) is 22.3 Å². The van der Waals surface area contributed by atoms with Crippen molar-refractivity contribution in [3.63, 3.8) is 0 Å². The molecule has 1 aliphatic rings. The molecule has 2 aromatic rings. The van der Waals surface area contributed by atoms with Crippen LogP contribution in [0.15, 0.2) is 47.5 Å². The van der Waals surface area contributed by atoms with Crippen molar-refractivity contribution in [3.05, 3.63) is 86.5 Å². The van der Waals surface area contributed by atoms with E-state index in [-0.39, 0.29) is 0 Å². The van der Waals surface area contributed by atoms with Crippen LogP contribution in [-0.2, 0) is 12.8 Å². The molecule has 0 spiro atoms. The predicted octanol–water partition coefficient (Wildman–Crippen LogP) is 11.3. The van der Waals surface area contributed by atoms with Gasteiger partial charge in [-0.05, 0) is 101 Å². The highest BCUT2D eigenvalue weighted by molar-refractivity contribution is 5.82. The molecule has 0 aromatic heterocycles. The third kappa shape index (κ3) is 7.78. The fraction of sp³-hybridized carbons (Fsp3) is 0.556. The standard InChI is InChI=1S/C36H52N2/c1-7-11-15-16-20-34-33(19-14-10-4)35(31-23-27(5)21-29(25-31)17-12-8-2)38(37)36(34)32-24-28(6)22-30(26-32)18-13-9-3/h21-26H,7-20H2,1-6H3. The summed E-state index contributed by atoms with van der Waals surface area (Å²) >= 11 is 0. The lowest BCUT2D eigenvalue weighted by Crippen LogP contribution is -2.04. The zero-order valence-electron chi connectivity index (χ0n) is 25.3. The van der Waals surface area contributed by atoms with Gasteiger partial charge in [-0.2, -0.15) is 0 Å². The van der Waals surface area contributed by atoms with E-state index < -0.39 is 0 Å². The number of rotatable bonds is 16. The third-order valence-corrected chi connectivity index (χ3v) is 7.88. The van der Waals surface area contributed by atoms with Crippen molar-refractivity contribution < 1.29 is 4.70 Å². The van der Waals surface area contributed by atoms with E-state index in [0.717, 1.165) is 49.9 Å². The molecule has 1 aliphatic heterocycles. The van der Waals surface area contributed by atoms with Gasteiger partial charge in [0.15, 0.2) is 0 Å². The summed E-state index contributed by atoms with van der Waals surface area (Å²) in [4.78, 5) is 0. The normalized spacial score (nSPS) is 13.8. The Labute approximate surface area is 233 Å². The quantitative estimate of drug-likeness (QED) is 0.158. The van der Waals surface area contributed by atoms with Crippen LogP contribution in [0.2, 0.25) is 0 Å². The number of benzene rings is 2. The van der Waals surface area contributed by atoms with Crippen molar-refractivity contribution in [2.24, 2.45) is 0 Å². The molecule has 1 heterocycles. The molecule has 0 N–H and O–H groups in total. The highest BCUT2D eigenvalue weighted by Crippen LogP contribution is 2.45. The number of hydrogen-bond acceptors (Lipinski definition) is 0. The first kappa shape index (κ1) is 30.1. The smallest absolute Gasteiger partial charge is 0.211 e. The molecule has 2 nitrogen and oxygen atoms in total. The molecule has 0 saturated heterocycles. The molecule has 0 unspecified atom stereocenters. The second kappa shape index (κ2) is 15.2. The van der Waals surface area contributed by atoms with E-state index in [1.54, 1.807) is 4.70 Å². The van der Waals surface area contributed by atoms with Gasteiger partial charge < -0.3 is 5.53 Å². The summed E-state index contributed by atoms with van der Waals surface area (Å²) in [5.74, 6) is 0. The molecule has 0 saturated carbocycles. The Kier molecular flexibility index (Phi) is 12.0. The number of hydrogen-bond donors (Lipinski definition) is 0. The van der Waals surface area contributed by atoms with Gasteiger partial charge in [0.05, 0.1) is 0 Å². The van der Waals surface area contributed by atoms with Gasteiger partial charge in [0.1, 0.15) is 0 Å². The van der Waals surface area contributed by atoms with E-state index in [1.807, 2.05) is 0 Å². The molecule has 0 amide bonds. The number of nitrogens with zero attached hydrogens (tertiary/aromatic N) is 2. The summed E-state index contributed by atoms with van der Waals surface area (Å²) in [5, 5.41) is 0. The van der Waals surface area contributed by atoms with Gasteiger partial charge in [-0.15, -0.1) is 0 Å². The van der Waals surface area contributed by atoms with E-state index in [1.165, 1.54) is 95.9 Å². The van der Waals surface area contributed by atoms with Crippen LogP contribution in [0.4, 0.5) is 0 Å². The van der Waals surface area contributed by atoms with Crippen LogP contribution < -0.4 is 0 Å². The average molecular weight is 513 g/mol. The van der Waals surface area contributed by atoms with Gasteiger partial charge in [-0.1, -0.05) is 89.5 Å². The molecule has 38 heavy (non-hydrogen) atoms. The Bertz CT molecular complexity index is 1150. The highest BCUT2D eigenvalue weighted by Gasteiger charge is 2.35. The summed E-state index contributed by atoms with van der Waals surface area (Å²) in [7, 11) is 0. The topological polar surface area (TPSA) is 25.3 Å². The molecule has 0 fully saturated rings. The molecule has 2 aromatic carbocycles. The second-order valence-corrected chi connectivity index (χ2v) is 11.5. The maximum absolute atomic E-state index is 12.0. The van der Waals surface area contributed by atoms with Crippen LogP contribution in [0.5, 0.6) is 0 Å². The van der Waals surface area contributed by atoms with Crippen molar-refractivity contribution in [1.82, 2.24) is 0 Å². The van der Waals surface area contributed by atoms with Crippen molar-refractivity contribution in [2.45, 2.75) is 131 Å². The Morgan fingerprint density at radius 2 is 0.921 bits per heavy atom. The average Bonchev–Trinajstić information content (AvgIpc) is 3.17. The first-order chi connectivity index (χ1) is 18.4. The van der Waals surface area contributed by atoms with Crippen LogP contribution in [0.3, 0.4) is 0 Å². The zero-order valence-corrected chi connectivity index (χ0v) is 25.3.